The van der Waals surface area contributed by atoms with Gasteiger partial charge in [0.2, 0.25) is 11.8 Å². The van der Waals surface area contributed by atoms with Crippen LogP contribution in [0.15, 0.2) is 42.7 Å². The minimum Gasteiger partial charge on any atom is -0.493 e. The zero-order chi connectivity index (χ0) is 20.4. The van der Waals surface area contributed by atoms with Crippen LogP contribution in [-0.2, 0) is 16.1 Å². The molecule has 7 nitrogen and oxygen atoms in total. The van der Waals surface area contributed by atoms with Gasteiger partial charge in [0.15, 0.2) is 11.5 Å². The average Bonchev–Trinajstić information content (AvgIpc) is 3.53. The summed E-state index contributed by atoms with van der Waals surface area (Å²) in [7, 11) is 3.13. The molecule has 4 rings (SSSR count). The van der Waals surface area contributed by atoms with Crippen LogP contribution < -0.4 is 14.4 Å². The first-order valence-corrected chi connectivity index (χ1v) is 9.82. The highest BCUT2D eigenvalue weighted by Crippen LogP contribution is 2.36. The van der Waals surface area contributed by atoms with Gasteiger partial charge in [-0.15, -0.1) is 0 Å². The van der Waals surface area contributed by atoms with E-state index in [1.165, 1.54) is 0 Å². The van der Waals surface area contributed by atoms with E-state index in [2.05, 4.69) is 4.98 Å². The van der Waals surface area contributed by atoms with Crippen LogP contribution in [-0.4, -0.2) is 48.5 Å². The number of aromatic nitrogens is 1. The molecule has 29 heavy (non-hydrogen) atoms. The SMILES string of the molecule is COc1ccc(N2CC(C(=O)N(Cc3cccnc3)C3CC3)CC2=O)cc1OC. The molecule has 2 aliphatic rings. The number of hydrogen-bond donors (Lipinski definition) is 0. The first kappa shape index (κ1) is 19.2. The number of nitrogens with zero attached hydrogens (tertiary/aromatic N) is 3. The Hall–Kier alpha value is -3.09. The molecule has 1 unspecified atom stereocenters. The van der Waals surface area contributed by atoms with Gasteiger partial charge in [-0.2, -0.15) is 0 Å². The van der Waals surface area contributed by atoms with Crippen molar-refractivity contribution in [2.75, 3.05) is 25.7 Å². The van der Waals surface area contributed by atoms with Crippen molar-refractivity contribution in [3.63, 3.8) is 0 Å². The normalized spacial score (nSPS) is 18.6. The molecule has 1 aliphatic carbocycles. The Morgan fingerprint density at radius 2 is 2.00 bits per heavy atom. The Morgan fingerprint density at radius 3 is 2.66 bits per heavy atom. The van der Waals surface area contributed by atoms with Gasteiger partial charge in [-0.25, -0.2) is 0 Å². The van der Waals surface area contributed by atoms with Crippen molar-refractivity contribution in [1.29, 1.82) is 0 Å². The third kappa shape index (κ3) is 4.04. The highest BCUT2D eigenvalue weighted by Gasteiger charge is 2.41. The van der Waals surface area contributed by atoms with Crippen molar-refractivity contribution >= 4 is 17.5 Å². The van der Waals surface area contributed by atoms with Gasteiger partial charge >= 0.3 is 0 Å². The highest BCUT2D eigenvalue weighted by atomic mass is 16.5. The molecule has 1 aromatic carbocycles. The molecule has 0 bridgehead atoms. The fourth-order valence-corrected chi connectivity index (χ4v) is 3.81. The summed E-state index contributed by atoms with van der Waals surface area (Å²) in [4.78, 5) is 33.7. The van der Waals surface area contributed by atoms with E-state index in [4.69, 9.17) is 9.47 Å². The van der Waals surface area contributed by atoms with Gasteiger partial charge in [0.1, 0.15) is 0 Å². The summed E-state index contributed by atoms with van der Waals surface area (Å²) in [6.07, 6.45) is 5.78. The monoisotopic (exact) mass is 395 g/mol. The lowest BCUT2D eigenvalue weighted by Crippen LogP contribution is -2.38. The molecule has 2 aromatic rings. The first-order valence-electron chi connectivity index (χ1n) is 9.82. The number of carbonyl (C=O) groups excluding carboxylic acids is 2. The molecule has 1 saturated heterocycles. The molecular formula is C22H25N3O4. The number of benzene rings is 1. The minimum atomic E-state index is -0.340. The minimum absolute atomic E-state index is 0.0484. The van der Waals surface area contributed by atoms with E-state index >= 15 is 0 Å². The van der Waals surface area contributed by atoms with Gasteiger partial charge in [-0.05, 0) is 36.6 Å². The Labute approximate surface area is 170 Å². The summed E-state index contributed by atoms with van der Waals surface area (Å²) in [5.41, 5.74) is 1.72. The van der Waals surface area contributed by atoms with Gasteiger partial charge in [0, 0.05) is 49.7 Å². The van der Waals surface area contributed by atoms with Crippen molar-refractivity contribution in [2.24, 2.45) is 5.92 Å². The van der Waals surface area contributed by atoms with Crippen LogP contribution in [0.4, 0.5) is 5.69 Å². The summed E-state index contributed by atoms with van der Waals surface area (Å²) in [5, 5.41) is 0. The number of pyridine rings is 1. The molecule has 1 atom stereocenters. The zero-order valence-electron chi connectivity index (χ0n) is 16.7. The largest absolute Gasteiger partial charge is 0.493 e. The third-order valence-electron chi connectivity index (χ3n) is 5.50. The van der Waals surface area contributed by atoms with Crippen molar-refractivity contribution in [3.8, 4) is 11.5 Å². The van der Waals surface area contributed by atoms with E-state index in [1.54, 1.807) is 43.6 Å². The number of methoxy groups -OCH3 is 2. The van der Waals surface area contributed by atoms with Crippen molar-refractivity contribution < 1.29 is 19.1 Å². The number of carbonyl (C=O) groups is 2. The topological polar surface area (TPSA) is 72.0 Å². The predicted molar refractivity (Wildman–Crippen MR) is 108 cm³/mol. The van der Waals surface area contributed by atoms with Gasteiger partial charge in [-0.3, -0.25) is 14.6 Å². The van der Waals surface area contributed by atoms with Crippen LogP contribution in [0.5, 0.6) is 11.5 Å². The number of rotatable bonds is 7. The molecule has 1 aromatic heterocycles. The van der Waals surface area contributed by atoms with Gasteiger partial charge in [0.25, 0.3) is 0 Å². The van der Waals surface area contributed by atoms with E-state index in [0.717, 1.165) is 18.4 Å². The van der Waals surface area contributed by atoms with Crippen molar-refractivity contribution in [2.45, 2.75) is 31.8 Å². The molecule has 0 N–H and O–H groups in total. The molecule has 2 amide bonds. The van der Waals surface area contributed by atoms with E-state index in [9.17, 15) is 9.59 Å². The lowest BCUT2D eigenvalue weighted by Gasteiger charge is -2.25. The van der Waals surface area contributed by atoms with Crippen molar-refractivity contribution in [3.05, 3.63) is 48.3 Å². The quantitative estimate of drug-likeness (QED) is 0.721. The van der Waals surface area contributed by atoms with E-state index in [0.29, 0.717) is 30.3 Å². The predicted octanol–water partition coefficient (Wildman–Crippen LogP) is 2.64. The van der Waals surface area contributed by atoms with Gasteiger partial charge in [0.05, 0.1) is 20.1 Å². The maximum atomic E-state index is 13.3. The Morgan fingerprint density at radius 1 is 1.21 bits per heavy atom. The standard InChI is InChI=1S/C22H25N3O4/c1-28-19-8-7-18(11-20(19)29-2)24-14-16(10-21(24)26)22(27)25(17-5-6-17)13-15-4-3-9-23-12-15/h3-4,7-9,11-12,16-17H,5-6,10,13-14H2,1-2H3. The summed E-state index contributed by atoms with van der Waals surface area (Å²) in [5.74, 6) is 0.823. The molecule has 7 heteroatoms. The third-order valence-corrected chi connectivity index (χ3v) is 5.50. The van der Waals surface area contributed by atoms with Crippen LogP contribution >= 0.6 is 0 Å². The second-order valence-corrected chi connectivity index (χ2v) is 7.50. The molecule has 2 heterocycles. The maximum Gasteiger partial charge on any atom is 0.228 e. The molecule has 0 spiro atoms. The molecular weight excluding hydrogens is 370 g/mol. The summed E-state index contributed by atoms with van der Waals surface area (Å²) >= 11 is 0. The molecule has 152 valence electrons. The van der Waals surface area contributed by atoms with Gasteiger partial charge in [-0.1, -0.05) is 6.07 Å². The van der Waals surface area contributed by atoms with Crippen LogP contribution in [0.1, 0.15) is 24.8 Å². The van der Waals surface area contributed by atoms with E-state index in [1.807, 2.05) is 23.1 Å². The fraction of sp³-hybridized carbons (Fsp3) is 0.409. The number of ether oxygens (including phenoxy) is 2. The van der Waals surface area contributed by atoms with E-state index < -0.39 is 0 Å². The molecule has 2 fully saturated rings. The fourth-order valence-electron chi connectivity index (χ4n) is 3.81. The van der Waals surface area contributed by atoms with Crippen LogP contribution in [0.25, 0.3) is 0 Å². The Balaban J connectivity index is 1.50. The Bertz CT molecular complexity index is 898. The van der Waals surface area contributed by atoms with Crippen LogP contribution in [0.3, 0.4) is 0 Å². The highest BCUT2D eigenvalue weighted by molar-refractivity contribution is 6.00. The zero-order valence-corrected chi connectivity index (χ0v) is 16.7. The van der Waals surface area contributed by atoms with Crippen LogP contribution in [0, 0.1) is 5.92 Å². The Kier molecular flexibility index (Phi) is 5.38. The van der Waals surface area contributed by atoms with E-state index in [-0.39, 0.29) is 30.2 Å². The lowest BCUT2D eigenvalue weighted by atomic mass is 10.1. The second-order valence-electron chi connectivity index (χ2n) is 7.50. The smallest absolute Gasteiger partial charge is 0.228 e. The molecule has 1 aliphatic heterocycles. The summed E-state index contributed by atoms with van der Waals surface area (Å²) in [6.45, 7) is 0.918. The summed E-state index contributed by atoms with van der Waals surface area (Å²) < 4.78 is 10.6. The number of hydrogen-bond acceptors (Lipinski definition) is 5. The second kappa shape index (κ2) is 8.11. The average molecular weight is 395 g/mol. The molecule has 0 radical (unpaired) electrons. The first-order chi connectivity index (χ1) is 14.1. The van der Waals surface area contributed by atoms with Crippen molar-refractivity contribution in [1.82, 2.24) is 9.88 Å². The molecule has 1 saturated carbocycles. The lowest BCUT2D eigenvalue weighted by molar-refractivity contribution is -0.137. The van der Waals surface area contributed by atoms with Crippen LogP contribution in [0.2, 0.25) is 0 Å². The maximum absolute atomic E-state index is 13.3. The number of anilines is 1. The van der Waals surface area contributed by atoms with Gasteiger partial charge < -0.3 is 19.3 Å². The number of amides is 2. The summed E-state index contributed by atoms with van der Waals surface area (Å²) in [6, 6.07) is 9.50.